The Bertz CT molecular complexity index is 4780. The molecule has 2 aromatic heterocycles. The molecule has 422 valence electrons. The number of fused-ring (bicyclic) bond motifs is 9. The standard InChI is InChI=1S/C81H56N6O2/c88-73(55-35-31-53(32-36-55)51-19-7-1-8-20-51)61-39-43-65-67-45-41-63(79-84-75(57-23-11-3-12-24-57)82-76(85-79)58-25-13-4-14-26-58)49-71(67)81(69(65)47-61)70-48-62(74(89)56-37-33-54(34-38-56)52-21-9-2-10-22-52)40-44-66(70)68-46-42-64(50-72(68)81)80-86-77(59-27-15-5-16-28-59)83-78(87-80)60-29-17-6-18-30-60/h1-9,11-21,23-33,35-37,39-41,43-45,47-50H,10,22,34,38,42,46H2. The van der Waals surface area contributed by atoms with Crippen molar-refractivity contribution in [1.29, 1.82) is 0 Å². The maximum Gasteiger partial charge on any atom is 0.193 e. The highest BCUT2D eigenvalue weighted by atomic mass is 16.1. The molecule has 0 saturated heterocycles. The van der Waals surface area contributed by atoms with Gasteiger partial charge in [0.1, 0.15) is 0 Å². The van der Waals surface area contributed by atoms with Crippen LogP contribution < -0.4 is 0 Å². The Hall–Kier alpha value is -11.2. The number of carbonyl (C=O) groups excluding carboxylic acids is 2. The first-order valence-corrected chi connectivity index (χ1v) is 30.5. The zero-order chi connectivity index (χ0) is 59.4. The number of ketones is 2. The van der Waals surface area contributed by atoms with Crippen molar-refractivity contribution in [3.05, 3.63) is 334 Å². The van der Waals surface area contributed by atoms with Crippen molar-refractivity contribution in [2.24, 2.45) is 0 Å². The number of rotatable bonds is 12. The first kappa shape index (κ1) is 53.3. The predicted octanol–water partition coefficient (Wildman–Crippen LogP) is 18.4. The average Bonchev–Trinajstić information content (AvgIpc) is 1.51. The van der Waals surface area contributed by atoms with Crippen molar-refractivity contribution in [3.63, 3.8) is 0 Å². The van der Waals surface area contributed by atoms with Crippen LogP contribution in [0.2, 0.25) is 0 Å². The second-order valence-corrected chi connectivity index (χ2v) is 23.3. The minimum Gasteiger partial charge on any atom is -0.289 e. The van der Waals surface area contributed by atoms with Gasteiger partial charge in [-0.2, -0.15) is 0 Å². The van der Waals surface area contributed by atoms with Gasteiger partial charge in [-0.1, -0.05) is 249 Å². The summed E-state index contributed by atoms with van der Waals surface area (Å²) < 4.78 is 0. The molecule has 9 aromatic carbocycles. The third-order valence-corrected chi connectivity index (χ3v) is 18.2. The predicted molar refractivity (Wildman–Crippen MR) is 354 cm³/mol. The van der Waals surface area contributed by atoms with E-state index in [4.69, 9.17) is 29.9 Å². The molecule has 0 fully saturated rings. The largest absolute Gasteiger partial charge is 0.289 e. The summed E-state index contributed by atoms with van der Waals surface area (Å²) in [6, 6.07) is 77.5. The number of nitrogens with zero attached hydrogens (tertiary/aromatic N) is 6. The molecule has 8 heteroatoms. The van der Waals surface area contributed by atoms with Crippen molar-refractivity contribution in [2.45, 2.75) is 43.9 Å². The summed E-state index contributed by atoms with van der Waals surface area (Å²) >= 11 is 0. The smallest absolute Gasteiger partial charge is 0.193 e. The zero-order valence-corrected chi connectivity index (χ0v) is 48.6. The fourth-order valence-corrected chi connectivity index (χ4v) is 13.8. The van der Waals surface area contributed by atoms with Crippen LogP contribution in [0.1, 0.15) is 92.9 Å². The van der Waals surface area contributed by atoms with Crippen LogP contribution in [-0.4, -0.2) is 41.5 Å². The maximum absolute atomic E-state index is 15.3. The van der Waals surface area contributed by atoms with Gasteiger partial charge < -0.3 is 0 Å². The SMILES string of the molecule is O=C(C1=CC=C(C2=CC=CCC2)CC1)c1ccc2c(c1)C1(C3=C2CCC(c2nc(-c4ccccc4)nc(-c4ccccc4)n2)=C3)c2cc(C(=O)c3ccc(-c4ccccc4)cc3)ccc2-c2ccc(-c3nc(-c4ccccc4)nc(-c4ccccc4)n3)cc21. The summed E-state index contributed by atoms with van der Waals surface area (Å²) in [5, 5.41) is 0. The average molecular weight is 1150 g/mol. The number of carbonyl (C=O) groups is 2. The quantitative estimate of drug-likeness (QED) is 0.111. The molecule has 2 heterocycles. The molecule has 0 bridgehead atoms. The zero-order valence-electron chi connectivity index (χ0n) is 48.6. The number of aromatic nitrogens is 6. The van der Waals surface area contributed by atoms with E-state index in [0.717, 1.165) is 114 Å². The van der Waals surface area contributed by atoms with Gasteiger partial charge in [-0.3, -0.25) is 9.59 Å². The van der Waals surface area contributed by atoms with E-state index in [1.54, 1.807) is 0 Å². The van der Waals surface area contributed by atoms with Crippen molar-refractivity contribution < 1.29 is 9.59 Å². The Morgan fingerprint density at radius 2 is 0.753 bits per heavy atom. The van der Waals surface area contributed by atoms with Gasteiger partial charge in [0.15, 0.2) is 46.5 Å². The Balaban J connectivity index is 0.930. The lowest BCUT2D eigenvalue weighted by molar-refractivity contribution is 0.102. The van der Waals surface area contributed by atoms with E-state index in [1.165, 1.54) is 11.1 Å². The number of benzene rings is 9. The third kappa shape index (κ3) is 9.48. The highest BCUT2D eigenvalue weighted by Gasteiger charge is 2.54. The highest BCUT2D eigenvalue weighted by Crippen LogP contribution is 2.65. The lowest BCUT2D eigenvalue weighted by Gasteiger charge is -2.33. The Labute approximate surface area is 516 Å². The minimum atomic E-state index is -1.08. The van der Waals surface area contributed by atoms with E-state index < -0.39 is 5.41 Å². The first-order valence-electron chi connectivity index (χ1n) is 30.5. The molecular formula is C81H56N6O2. The molecule has 0 aliphatic heterocycles. The number of Topliss-reactive ketones (excluding diaryl/α,β-unsaturated/α-hetero) is 1. The van der Waals surface area contributed by atoms with Crippen LogP contribution in [-0.2, 0) is 5.41 Å². The van der Waals surface area contributed by atoms with Crippen LogP contribution in [0, 0.1) is 0 Å². The molecule has 1 spiro atoms. The minimum absolute atomic E-state index is 0.00563. The van der Waals surface area contributed by atoms with Gasteiger partial charge in [0.05, 0.1) is 5.41 Å². The van der Waals surface area contributed by atoms with Crippen LogP contribution >= 0.6 is 0 Å². The summed E-state index contributed by atoms with van der Waals surface area (Å²) in [5.74, 6) is 3.29. The van der Waals surface area contributed by atoms with Crippen molar-refractivity contribution in [3.8, 4) is 79.2 Å². The summed E-state index contributed by atoms with van der Waals surface area (Å²) in [6.07, 6.45) is 17.8. The van der Waals surface area contributed by atoms with Gasteiger partial charge in [0, 0.05) is 50.1 Å². The topological polar surface area (TPSA) is 111 Å². The van der Waals surface area contributed by atoms with Gasteiger partial charge in [0.25, 0.3) is 0 Å². The normalized spacial score (nSPS) is 16.1. The summed E-state index contributed by atoms with van der Waals surface area (Å²) in [6.45, 7) is 0. The molecule has 5 aliphatic rings. The van der Waals surface area contributed by atoms with Crippen molar-refractivity contribution in [1.82, 2.24) is 29.9 Å². The molecule has 89 heavy (non-hydrogen) atoms. The molecule has 0 amide bonds. The number of hydrogen-bond acceptors (Lipinski definition) is 8. The lowest BCUT2D eigenvalue weighted by atomic mass is 9.67. The van der Waals surface area contributed by atoms with Crippen LogP contribution in [0.3, 0.4) is 0 Å². The lowest BCUT2D eigenvalue weighted by Crippen LogP contribution is -2.28. The fraction of sp³-hybridized carbons (Fsp3) is 0.0864. The van der Waals surface area contributed by atoms with Crippen LogP contribution in [0.5, 0.6) is 0 Å². The highest BCUT2D eigenvalue weighted by molar-refractivity contribution is 6.12. The molecule has 11 aromatic rings. The molecule has 5 aliphatic carbocycles. The molecule has 1 unspecified atom stereocenters. The molecule has 1 atom stereocenters. The summed E-state index contributed by atoms with van der Waals surface area (Å²) in [5.41, 5.74) is 19.6. The van der Waals surface area contributed by atoms with Crippen LogP contribution in [0.4, 0.5) is 0 Å². The summed E-state index contributed by atoms with van der Waals surface area (Å²) in [7, 11) is 0. The van der Waals surface area contributed by atoms with Crippen molar-refractivity contribution in [2.75, 3.05) is 0 Å². The van der Waals surface area contributed by atoms with Crippen LogP contribution in [0.25, 0.3) is 90.3 Å². The Kier molecular flexibility index (Phi) is 13.3. The number of hydrogen-bond donors (Lipinski definition) is 0. The van der Waals surface area contributed by atoms with E-state index in [1.807, 2.05) is 182 Å². The van der Waals surface area contributed by atoms with Crippen molar-refractivity contribution >= 4 is 22.7 Å². The molecule has 0 N–H and O–H groups in total. The second-order valence-electron chi connectivity index (χ2n) is 23.3. The van der Waals surface area contributed by atoms with E-state index in [0.29, 0.717) is 70.9 Å². The van der Waals surface area contributed by atoms with Gasteiger partial charge in [-0.05, 0) is 129 Å². The van der Waals surface area contributed by atoms with E-state index in [-0.39, 0.29) is 11.6 Å². The second kappa shape index (κ2) is 22.2. The van der Waals surface area contributed by atoms with Gasteiger partial charge in [-0.15, -0.1) is 0 Å². The number of allylic oxidation sites excluding steroid dienone is 12. The molecule has 16 rings (SSSR count). The maximum atomic E-state index is 15.3. The molecule has 8 nitrogen and oxygen atoms in total. The van der Waals surface area contributed by atoms with Gasteiger partial charge in [0.2, 0.25) is 0 Å². The summed E-state index contributed by atoms with van der Waals surface area (Å²) in [4.78, 5) is 62.0. The van der Waals surface area contributed by atoms with Gasteiger partial charge in [-0.25, -0.2) is 29.9 Å². The monoisotopic (exact) mass is 1140 g/mol. The molecule has 0 saturated carbocycles. The van der Waals surface area contributed by atoms with E-state index >= 15 is 9.59 Å². The van der Waals surface area contributed by atoms with E-state index in [2.05, 4.69) is 85.0 Å². The Morgan fingerprint density at radius 3 is 1.28 bits per heavy atom. The fourth-order valence-electron chi connectivity index (χ4n) is 13.8. The van der Waals surface area contributed by atoms with E-state index in [9.17, 15) is 0 Å². The third-order valence-electron chi connectivity index (χ3n) is 18.2. The Morgan fingerprint density at radius 1 is 0.326 bits per heavy atom. The van der Waals surface area contributed by atoms with Gasteiger partial charge >= 0.3 is 0 Å². The van der Waals surface area contributed by atoms with Crippen LogP contribution in [0.15, 0.2) is 289 Å². The first-order chi connectivity index (χ1) is 43.9. The molecule has 0 radical (unpaired) electrons. The molecular weight excluding hydrogens is 1090 g/mol.